The number of hydrogen-bond acceptors (Lipinski definition) is 1. The summed E-state index contributed by atoms with van der Waals surface area (Å²) in [6.07, 6.45) is 0. The summed E-state index contributed by atoms with van der Waals surface area (Å²) in [7, 11) is 0. The van der Waals surface area contributed by atoms with E-state index in [9.17, 15) is 0 Å². The first kappa shape index (κ1) is 16.1. The molecule has 1 nitrogen and oxygen atoms in total. The van der Waals surface area contributed by atoms with E-state index in [0.29, 0.717) is 0 Å². The second-order valence-electron chi connectivity index (χ2n) is 6.60. The molecule has 0 saturated heterocycles. The maximum absolute atomic E-state index is 6.04. The zero-order valence-corrected chi connectivity index (χ0v) is 14.0. The van der Waals surface area contributed by atoms with Gasteiger partial charge in [0, 0.05) is 17.6 Å². The zero-order chi connectivity index (χ0) is 15.5. The van der Waals surface area contributed by atoms with Gasteiger partial charge in [0.15, 0.2) is 0 Å². The average Bonchev–Trinajstić information content (AvgIpc) is 2.44. The summed E-state index contributed by atoms with van der Waals surface area (Å²) in [4.78, 5) is 0. The monoisotopic (exact) mass is 301 g/mol. The van der Waals surface area contributed by atoms with Crippen molar-refractivity contribution in [1.82, 2.24) is 5.32 Å². The van der Waals surface area contributed by atoms with E-state index in [-0.39, 0.29) is 11.5 Å². The molecule has 0 spiro atoms. The highest BCUT2D eigenvalue weighted by Gasteiger charge is 2.13. The molecule has 21 heavy (non-hydrogen) atoms. The molecule has 2 rings (SSSR count). The van der Waals surface area contributed by atoms with Crippen molar-refractivity contribution >= 4 is 11.6 Å². The van der Waals surface area contributed by atoms with Crippen LogP contribution in [0.4, 0.5) is 0 Å². The molecule has 2 aromatic carbocycles. The molecule has 1 unspecified atom stereocenters. The van der Waals surface area contributed by atoms with E-state index in [0.717, 1.165) is 11.6 Å². The molecule has 0 radical (unpaired) electrons. The lowest BCUT2D eigenvalue weighted by molar-refractivity contribution is 0.572. The van der Waals surface area contributed by atoms with Crippen molar-refractivity contribution in [3.8, 4) is 0 Å². The third kappa shape index (κ3) is 4.59. The van der Waals surface area contributed by atoms with Crippen LogP contribution in [0.2, 0.25) is 5.02 Å². The summed E-state index contributed by atoms with van der Waals surface area (Å²) in [5.41, 5.74) is 4.10. The molecular formula is C19H24ClN. The lowest BCUT2D eigenvalue weighted by atomic mass is 9.87. The normalized spacial score (nSPS) is 13.2. The molecule has 2 aromatic rings. The lowest BCUT2D eigenvalue weighted by Crippen LogP contribution is -2.18. The highest BCUT2D eigenvalue weighted by atomic mass is 35.5. The third-order valence-electron chi connectivity index (χ3n) is 3.78. The van der Waals surface area contributed by atoms with Crippen molar-refractivity contribution in [3.63, 3.8) is 0 Å². The standard InChI is InChI=1S/C19H24ClN/c1-14(16-6-5-7-18(20)12-16)21-13-15-8-10-17(11-9-15)19(2,3)4/h5-12,14,21H,13H2,1-4H3. The van der Waals surface area contributed by atoms with Gasteiger partial charge in [0.05, 0.1) is 0 Å². The van der Waals surface area contributed by atoms with Crippen LogP contribution in [0.5, 0.6) is 0 Å². The molecule has 0 aliphatic carbocycles. The van der Waals surface area contributed by atoms with Crippen molar-refractivity contribution in [3.05, 3.63) is 70.2 Å². The Bertz CT molecular complexity index is 581. The van der Waals surface area contributed by atoms with E-state index in [1.54, 1.807) is 0 Å². The van der Waals surface area contributed by atoms with Gasteiger partial charge in [0.25, 0.3) is 0 Å². The Labute approximate surface area is 133 Å². The van der Waals surface area contributed by atoms with Crippen LogP contribution in [0.15, 0.2) is 48.5 Å². The fourth-order valence-electron chi connectivity index (χ4n) is 2.29. The fourth-order valence-corrected chi connectivity index (χ4v) is 2.49. The molecule has 1 atom stereocenters. The number of halogens is 1. The second-order valence-corrected chi connectivity index (χ2v) is 7.04. The van der Waals surface area contributed by atoms with Gasteiger partial charge in [-0.2, -0.15) is 0 Å². The Kier molecular flexibility index (Phi) is 5.08. The molecule has 0 saturated carbocycles. The van der Waals surface area contributed by atoms with Crippen molar-refractivity contribution in [2.45, 2.75) is 45.7 Å². The van der Waals surface area contributed by atoms with E-state index < -0.39 is 0 Å². The largest absolute Gasteiger partial charge is 0.306 e. The second kappa shape index (κ2) is 6.64. The minimum Gasteiger partial charge on any atom is -0.306 e. The quantitative estimate of drug-likeness (QED) is 0.787. The number of benzene rings is 2. The molecule has 0 aliphatic heterocycles. The Morgan fingerprint density at radius 3 is 2.29 bits per heavy atom. The van der Waals surface area contributed by atoms with E-state index in [1.165, 1.54) is 16.7 Å². The number of nitrogens with one attached hydrogen (secondary N) is 1. The molecule has 0 fully saturated rings. The van der Waals surface area contributed by atoms with Crippen LogP contribution in [-0.2, 0) is 12.0 Å². The molecule has 0 aliphatic rings. The van der Waals surface area contributed by atoms with Crippen LogP contribution in [0.3, 0.4) is 0 Å². The SMILES string of the molecule is CC(NCc1ccc(C(C)(C)C)cc1)c1cccc(Cl)c1. The minimum atomic E-state index is 0.208. The van der Waals surface area contributed by atoms with Gasteiger partial charge in [-0.3, -0.25) is 0 Å². The summed E-state index contributed by atoms with van der Waals surface area (Å²) in [5, 5.41) is 4.33. The van der Waals surface area contributed by atoms with Crippen LogP contribution in [0, 0.1) is 0 Å². The maximum atomic E-state index is 6.04. The van der Waals surface area contributed by atoms with Crippen LogP contribution < -0.4 is 5.32 Å². The summed E-state index contributed by atoms with van der Waals surface area (Å²) in [6.45, 7) is 9.73. The Hall–Kier alpha value is -1.31. The van der Waals surface area contributed by atoms with Crippen molar-refractivity contribution in [2.75, 3.05) is 0 Å². The predicted octanol–water partition coefficient (Wildman–Crippen LogP) is 5.49. The zero-order valence-electron chi connectivity index (χ0n) is 13.3. The summed E-state index contributed by atoms with van der Waals surface area (Å²) in [5.74, 6) is 0. The maximum Gasteiger partial charge on any atom is 0.0409 e. The first-order valence-electron chi connectivity index (χ1n) is 7.44. The Balaban J connectivity index is 1.97. The van der Waals surface area contributed by atoms with E-state index in [4.69, 9.17) is 11.6 Å². The molecule has 112 valence electrons. The van der Waals surface area contributed by atoms with Crippen LogP contribution in [0.1, 0.15) is 50.4 Å². The van der Waals surface area contributed by atoms with Gasteiger partial charge in [0.1, 0.15) is 0 Å². The molecule has 0 bridgehead atoms. The smallest absolute Gasteiger partial charge is 0.0409 e. The van der Waals surface area contributed by atoms with Crippen molar-refractivity contribution in [2.24, 2.45) is 0 Å². The predicted molar refractivity (Wildman–Crippen MR) is 91.8 cm³/mol. The topological polar surface area (TPSA) is 12.0 Å². The summed E-state index contributed by atoms with van der Waals surface area (Å²) >= 11 is 6.04. The minimum absolute atomic E-state index is 0.208. The van der Waals surface area contributed by atoms with E-state index >= 15 is 0 Å². The van der Waals surface area contributed by atoms with Crippen LogP contribution >= 0.6 is 11.6 Å². The molecular weight excluding hydrogens is 278 g/mol. The van der Waals surface area contributed by atoms with Gasteiger partial charge in [-0.1, -0.05) is 68.8 Å². The van der Waals surface area contributed by atoms with Crippen molar-refractivity contribution in [1.29, 1.82) is 0 Å². The number of hydrogen-bond donors (Lipinski definition) is 1. The first-order valence-corrected chi connectivity index (χ1v) is 7.82. The van der Waals surface area contributed by atoms with Crippen LogP contribution in [0.25, 0.3) is 0 Å². The average molecular weight is 302 g/mol. The summed E-state index contributed by atoms with van der Waals surface area (Å²) in [6, 6.07) is 17.2. The fraction of sp³-hybridized carbons (Fsp3) is 0.368. The van der Waals surface area contributed by atoms with Crippen molar-refractivity contribution < 1.29 is 0 Å². The van der Waals surface area contributed by atoms with Gasteiger partial charge < -0.3 is 5.32 Å². The summed E-state index contributed by atoms with van der Waals surface area (Å²) < 4.78 is 0. The molecule has 0 aromatic heterocycles. The highest BCUT2D eigenvalue weighted by molar-refractivity contribution is 6.30. The van der Waals surface area contributed by atoms with E-state index in [1.807, 2.05) is 18.2 Å². The van der Waals surface area contributed by atoms with Crippen LogP contribution in [-0.4, -0.2) is 0 Å². The Morgan fingerprint density at radius 1 is 1.05 bits per heavy atom. The first-order chi connectivity index (χ1) is 9.86. The van der Waals surface area contributed by atoms with Gasteiger partial charge in [0.2, 0.25) is 0 Å². The third-order valence-corrected chi connectivity index (χ3v) is 4.02. The van der Waals surface area contributed by atoms with Gasteiger partial charge in [-0.05, 0) is 41.2 Å². The lowest BCUT2D eigenvalue weighted by Gasteiger charge is -2.19. The molecule has 0 heterocycles. The Morgan fingerprint density at radius 2 is 1.71 bits per heavy atom. The van der Waals surface area contributed by atoms with Gasteiger partial charge >= 0.3 is 0 Å². The van der Waals surface area contributed by atoms with E-state index in [2.05, 4.69) is 63.3 Å². The number of rotatable bonds is 4. The van der Waals surface area contributed by atoms with Gasteiger partial charge in [-0.15, -0.1) is 0 Å². The molecule has 1 N–H and O–H groups in total. The highest BCUT2D eigenvalue weighted by Crippen LogP contribution is 2.22. The molecule has 0 amide bonds. The molecule has 2 heteroatoms. The van der Waals surface area contributed by atoms with Gasteiger partial charge in [-0.25, -0.2) is 0 Å².